The molecule has 0 amide bonds. The van der Waals surface area contributed by atoms with E-state index in [1.807, 2.05) is 6.07 Å². The summed E-state index contributed by atoms with van der Waals surface area (Å²) in [6.07, 6.45) is 19.8. The van der Waals surface area contributed by atoms with Crippen molar-refractivity contribution in [2.45, 2.75) is 96.8 Å². The summed E-state index contributed by atoms with van der Waals surface area (Å²) in [7, 11) is 0. The summed E-state index contributed by atoms with van der Waals surface area (Å²) in [6, 6.07) is 10.3. The van der Waals surface area contributed by atoms with Gasteiger partial charge in [-0.05, 0) is 18.6 Å². The van der Waals surface area contributed by atoms with Gasteiger partial charge < -0.3 is 5.43 Å². The van der Waals surface area contributed by atoms with Crippen LogP contribution in [-0.4, -0.2) is 6.54 Å². The Morgan fingerprint density at radius 1 is 0.583 bits per heavy atom. The molecule has 0 spiro atoms. The fraction of sp³-hybridized carbons (Fsp3) is 0.727. The van der Waals surface area contributed by atoms with E-state index in [9.17, 15) is 0 Å². The topological polar surface area (TPSA) is 24.1 Å². The highest BCUT2D eigenvalue weighted by atomic mass is 15.3. The first-order valence-electron chi connectivity index (χ1n) is 10.5. The van der Waals surface area contributed by atoms with Crippen LogP contribution in [0, 0.1) is 0 Å². The van der Waals surface area contributed by atoms with Crippen LogP contribution in [0.3, 0.4) is 0 Å². The van der Waals surface area contributed by atoms with E-state index in [2.05, 4.69) is 42.0 Å². The summed E-state index contributed by atoms with van der Waals surface area (Å²) in [6.45, 7) is 3.34. The lowest BCUT2D eigenvalue weighted by atomic mass is 10.0. The molecule has 0 aromatic heterocycles. The second-order valence-electron chi connectivity index (χ2n) is 7.01. The molecule has 1 rings (SSSR count). The molecule has 0 aliphatic carbocycles. The minimum atomic E-state index is 1.05. The fourth-order valence-corrected chi connectivity index (χ4v) is 3.09. The molecule has 1 aromatic carbocycles. The summed E-state index contributed by atoms with van der Waals surface area (Å²) in [5.41, 5.74) is 7.68. The van der Waals surface area contributed by atoms with Crippen LogP contribution < -0.4 is 10.9 Å². The number of unbranched alkanes of at least 4 members (excludes halogenated alkanes) is 13. The van der Waals surface area contributed by atoms with Crippen LogP contribution in [0.1, 0.15) is 96.8 Å². The normalized spacial score (nSPS) is 10.9. The van der Waals surface area contributed by atoms with Crippen molar-refractivity contribution in [3.63, 3.8) is 0 Å². The van der Waals surface area contributed by atoms with Crippen molar-refractivity contribution in [1.82, 2.24) is 5.43 Å². The molecule has 0 aliphatic heterocycles. The molecule has 1 aromatic rings. The average Bonchev–Trinajstić information content (AvgIpc) is 2.62. The number of hydrogen-bond acceptors (Lipinski definition) is 2. The molecule has 0 aliphatic rings. The van der Waals surface area contributed by atoms with Gasteiger partial charge >= 0.3 is 0 Å². The Labute approximate surface area is 150 Å². The van der Waals surface area contributed by atoms with Gasteiger partial charge in [0.2, 0.25) is 0 Å². The van der Waals surface area contributed by atoms with E-state index in [0.717, 1.165) is 12.2 Å². The van der Waals surface area contributed by atoms with Crippen LogP contribution in [0.15, 0.2) is 30.3 Å². The second-order valence-corrected chi connectivity index (χ2v) is 7.01. The molecular formula is C22H40N2. The largest absolute Gasteiger partial charge is 0.322 e. The fourth-order valence-electron chi connectivity index (χ4n) is 3.09. The predicted octanol–water partition coefficient (Wildman–Crippen LogP) is 7.08. The second kappa shape index (κ2) is 16.8. The first-order valence-corrected chi connectivity index (χ1v) is 10.5. The van der Waals surface area contributed by atoms with Gasteiger partial charge in [-0.1, -0.05) is 109 Å². The van der Waals surface area contributed by atoms with E-state index >= 15 is 0 Å². The van der Waals surface area contributed by atoms with Gasteiger partial charge in [-0.15, -0.1) is 0 Å². The Morgan fingerprint density at radius 2 is 1.04 bits per heavy atom. The summed E-state index contributed by atoms with van der Waals surface area (Å²) in [4.78, 5) is 0. The quantitative estimate of drug-likeness (QED) is 0.235. The van der Waals surface area contributed by atoms with Crippen molar-refractivity contribution in [1.29, 1.82) is 0 Å². The lowest BCUT2D eigenvalue weighted by molar-refractivity contribution is 0.533. The average molecular weight is 333 g/mol. The maximum Gasteiger partial charge on any atom is 0.0487 e. The minimum absolute atomic E-state index is 1.05. The molecule has 2 nitrogen and oxygen atoms in total. The van der Waals surface area contributed by atoms with Crippen LogP contribution >= 0.6 is 0 Å². The molecule has 0 radical (unpaired) electrons. The molecule has 0 atom stereocenters. The number of nitrogens with one attached hydrogen (secondary N) is 2. The zero-order valence-corrected chi connectivity index (χ0v) is 16.0. The Morgan fingerprint density at radius 3 is 1.54 bits per heavy atom. The van der Waals surface area contributed by atoms with Gasteiger partial charge in [0.25, 0.3) is 0 Å². The third-order valence-corrected chi connectivity index (χ3v) is 4.66. The van der Waals surface area contributed by atoms with Gasteiger partial charge in [-0.2, -0.15) is 0 Å². The third kappa shape index (κ3) is 13.4. The number of para-hydroxylation sites is 1. The van der Waals surface area contributed by atoms with Gasteiger partial charge in [0, 0.05) is 12.2 Å². The molecule has 0 heterocycles. The van der Waals surface area contributed by atoms with Crippen molar-refractivity contribution in [3.8, 4) is 0 Å². The highest BCUT2D eigenvalue weighted by molar-refractivity contribution is 5.41. The maximum atomic E-state index is 3.30. The number of benzene rings is 1. The van der Waals surface area contributed by atoms with Crippen LogP contribution in [0.5, 0.6) is 0 Å². The van der Waals surface area contributed by atoms with Gasteiger partial charge in [0.1, 0.15) is 0 Å². The van der Waals surface area contributed by atoms with Crippen molar-refractivity contribution in [2.24, 2.45) is 0 Å². The van der Waals surface area contributed by atoms with Crippen LogP contribution in [0.2, 0.25) is 0 Å². The standard InChI is InChI=1S/C22H40N2/c1-2-3-4-5-6-7-8-9-10-11-12-13-14-18-21-23-24-22-19-16-15-17-20-22/h15-17,19-20,23-24H,2-14,18,21H2,1H3. The zero-order chi connectivity index (χ0) is 17.1. The number of hydrogen-bond donors (Lipinski definition) is 2. The van der Waals surface area contributed by atoms with Crippen molar-refractivity contribution in [3.05, 3.63) is 30.3 Å². The molecule has 0 saturated heterocycles. The molecular weight excluding hydrogens is 292 g/mol. The lowest BCUT2D eigenvalue weighted by Crippen LogP contribution is -2.22. The Bertz CT molecular complexity index is 350. The van der Waals surface area contributed by atoms with Gasteiger partial charge in [-0.25, -0.2) is 5.43 Å². The molecule has 0 saturated carbocycles. The summed E-state index contributed by atoms with van der Waals surface area (Å²) >= 11 is 0. The van der Waals surface area contributed by atoms with Crippen molar-refractivity contribution < 1.29 is 0 Å². The van der Waals surface area contributed by atoms with Crippen molar-refractivity contribution >= 4 is 5.69 Å². The van der Waals surface area contributed by atoms with E-state index < -0.39 is 0 Å². The minimum Gasteiger partial charge on any atom is -0.322 e. The van der Waals surface area contributed by atoms with Gasteiger partial charge in [-0.3, -0.25) is 0 Å². The lowest BCUT2D eigenvalue weighted by Gasteiger charge is -2.08. The Balaban J connectivity index is 1.70. The van der Waals surface area contributed by atoms with Crippen LogP contribution in [-0.2, 0) is 0 Å². The first kappa shape index (κ1) is 21.0. The SMILES string of the molecule is CCCCCCCCCCCCCCCCNNc1ccccc1. The summed E-state index contributed by atoms with van der Waals surface area (Å²) in [5, 5.41) is 0. The Kier molecular flexibility index (Phi) is 14.7. The number of rotatable bonds is 17. The molecule has 0 fully saturated rings. The van der Waals surface area contributed by atoms with E-state index in [1.54, 1.807) is 0 Å². The molecule has 24 heavy (non-hydrogen) atoms. The summed E-state index contributed by atoms with van der Waals surface area (Å²) in [5.74, 6) is 0. The molecule has 2 heteroatoms. The number of anilines is 1. The highest BCUT2D eigenvalue weighted by Crippen LogP contribution is 2.12. The smallest absolute Gasteiger partial charge is 0.0487 e. The van der Waals surface area contributed by atoms with Crippen molar-refractivity contribution in [2.75, 3.05) is 12.0 Å². The van der Waals surface area contributed by atoms with Gasteiger partial charge in [0.15, 0.2) is 0 Å². The van der Waals surface area contributed by atoms with E-state index in [1.165, 1.54) is 89.9 Å². The van der Waals surface area contributed by atoms with E-state index in [4.69, 9.17) is 0 Å². The Hall–Kier alpha value is -1.02. The van der Waals surface area contributed by atoms with E-state index in [0.29, 0.717) is 0 Å². The third-order valence-electron chi connectivity index (χ3n) is 4.66. The monoisotopic (exact) mass is 332 g/mol. The predicted molar refractivity (Wildman–Crippen MR) is 108 cm³/mol. The molecule has 0 bridgehead atoms. The zero-order valence-electron chi connectivity index (χ0n) is 16.0. The molecule has 2 N–H and O–H groups in total. The van der Waals surface area contributed by atoms with E-state index in [-0.39, 0.29) is 0 Å². The highest BCUT2D eigenvalue weighted by Gasteiger charge is 1.94. The van der Waals surface area contributed by atoms with Gasteiger partial charge in [0.05, 0.1) is 0 Å². The van der Waals surface area contributed by atoms with Crippen LogP contribution in [0.25, 0.3) is 0 Å². The summed E-state index contributed by atoms with van der Waals surface area (Å²) < 4.78 is 0. The number of hydrazine groups is 1. The maximum absolute atomic E-state index is 3.30. The van der Waals surface area contributed by atoms with Crippen LogP contribution in [0.4, 0.5) is 5.69 Å². The first-order chi connectivity index (χ1) is 11.9. The molecule has 138 valence electrons. The molecule has 0 unspecified atom stereocenters.